The molecule has 5 heteroatoms. The fourth-order valence-corrected chi connectivity index (χ4v) is 5.18. The zero-order chi connectivity index (χ0) is 20.8. The summed E-state index contributed by atoms with van der Waals surface area (Å²) < 4.78 is 2.02. The molecule has 5 rings (SSSR count). The van der Waals surface area contributed by atoms with E-state index in [1.807, 2.05) is 17.7 Å². The predicted octanol–water partition coefficient (Wildman–Crippen LogP) is 5.03. The molecule has 1 aliphatic heterocycles. The number of hydrogen-bond donors (Lipinski definition) is 1. The summed E-state index contributed by atoms with van der Waals surface area (Å²) in [6, 6.07) is 13.8. The highest BCUT2D eigenvalue weighted by Gasteiger charge is 2.27. The van der Waals surface area contributed by atoms with Crippen LogP contribution in [0.5, 0.6) is 0 Å². The molecule has 3 aromatic rings. The van der Waals surface area contributed by atoms with E-state index in [1.54, 1.807) is 17.0 Å². The molecule has 1 saturated carbocycles. The second-order valence-electron chi connectivity index (χ2n) is 8.66. The number of hydrogen-bond acceptors (Lipinski definition) is 2. The first-order valence-electron chi connectivity index (χ1n) is 10.8. The van der Waals surface area contributed by atoms with E-state index in [4.69, 9.17) is 0 Å². The van der Waals surface area contributed by atoms with Crippen molar-refractivity contribution in [2.24, 2.45) is 0 Å². The number of aromatic carboxylic acids is 1. The van der Waals surface area contributed by atoms with Crippen LogP contribution in [0.2, 0.25) is 0 Å². The highest BCUT2D eigenvalue weighted by Crippen LogP contribution is 2.42. The number of aromatic nitrogens is 1. The number of amides is 1. The van der Waals surface area contributed by atoms with Crippen LogP contribution >= 0.6 is 0 Å². The summed E-state index contributed by atoms with van der Waals surface area (Å²) in [7, 11) is 1.85. The van der Waals surface area contributed by atoms with Crippen molar-refractivity contribution in [3.63, 3.8) is 0 Å². The minimum atomic E-state index is -0.954. The molecule has 0 spiro atoms. The summed E-state index contributed by atoms with van der Waals surface area (Å²) in [5.41, 5.74) is 5.85. The monoisotopic (exact) mass is 402 g/mol. The van der Waals surface area contributed by atoms with E-state index in [0.717, 1.165) is 22.2 Å². The van der Waals surface area contributed by atoms with Gasteiger partial charge in [-0.25, -0.2) is 4.79 Å². The van der Waals surface area contributed by atoms with Crippen LogP contribution in [-0.4, -0.2) is 33.5 Å². The first-order valence-corrected chi connectivity index (χ1v) is 10.8. The molecule has 1 N–H and O–H groups in total. The van der Waals surface area contributed by atoms with Crippen LogP contribution < -0.4 is 0 Å². The molecule has 2 heterocycles. The van der Waals surface area contributed by atoms with E-state index in [9.17, 15) is 14.7 Å². The van der Waals surface area contributed by atoms with Gasteiger partial charge in [0, 0.05) is 30.1 Å². The highest BCUT2D eigenvalue weighted by atomic mass is 16.4. The fraction of sp³-hybridized carbons (Fsp3) is 0.360. The van der Waals surface area contributed by atoms with Crippen molar-refractivity contribution in [2.75, 3.05) is 7.05 Å². The van der Waals surface area contributed by atoms with Crippen LogP contribution in [0.15, 0.2) is 42.5 Å². The van der Waals surface area contributed by atoms with Crippen molar-refractivity contribution in [1.29, 1.82) is 0 Å². The molecule has 1 aromatic heterocycles. The Hall–Kier alpha value is -3.08. The largest absolute Gasteiger partial charge is 0.478 e. The van der Waals surface area contributed by atoms with Crippen LogP contribution in [0.1, 0.15) is 59.5 Å². The second kappa shape index (κ2) is 7.31. The minimum Gasteiger partial charge on any atom is -0.478 e. The van der Waals surface area contributed by atoms with Gasteiger partial charge in [-0.05, 0) is 48.1 Å². The maximum Gasteiger partial charge on any atom is 0.335 e. The average molecular weight is 402 g/mol. The van der Waals surface area contributed by atoms with E-state index in [2.05, 4.69) is 24.3 Å². The number of carboxylic acid groups (broad SMARTS) is 1. The third-order valence-electron chi connectivity index (χ3n) is 6.76. The molecule has 2 aromatic carbocycles. The van der Waals surface area contributed by atoms with Crippen LogP contribution in [0, 0.1) is 0 Å². The third kappa shape index (κ3) is 3.09. The number of carboxylic acids is 1. The zero-order valence-corrected chi connectivity index (χ0v) is 17.2. The van der Waals surface area contributed by atoms with Gasteiger partial charge in [0.25, 0.3) is 0 Å². The maximum atomic E-state index is 12.9. The Balaban J connectivity index is 1.78. The number of likely N-dealkylation sites (N-methyl/N-ethyl adjacent to an activating group) is 1. The Labute approximate surface area is 175 Å². The van der Waals surface area contributed by atoms with Gasteiger partial charge in [-0.15, -0.1) is 0 Å². The van der Waals surface area contributed by atoms with Crippen molar-refractivity contribution in [1.82, 2.24) is 9.47 Å². The molecule has 0 radical (unpaired) electrons. The molecule has 1 aliphatic carbocycles. The van der Waals surface area contributed by atoms with Gasteiger partial charge in [0.2, 0.25) is 5.91 Å². The van der Waals surface area contributed by atoms with Gasteiger partial charge < -0.3 is 14.6 Å². The van der Waals surface area contributed by atoms with E-state index < -0.39 is 5.97 Å². The Morgan fingerprint density at radius 2 is 1.83 bits per heavy atom. The van der Waals surface area contributed by atoms with Gasteiger partial charge in [-0.1, -0.05) is 43.5 Å². The Morgan fingerprint density at radius 1 is 1.03 bits per heavy atom. The number of fused-ring (bicyclic) bond motifs is 5. The predicted molar refractivity (Wildman–Crippen MR) is 117 cm³/mol. The van der Waals surface area contributed by atoms with Crippen molar-refractivity contribution < 1.29 is 14.7 Å². The normalized spacial score (nSPS) is 17.4. The fourth-order valence-electron chi connectivity index (χ4n) is 5.18. The van der Waals surface area contributed by atoms with Gasteiger partial charge in [0.15, 0.2) is 0 Å². The van der Waals surface area contributed by atoms with E-state index in [1.165, 1.54) is 43.2 Å². The molecular formula is C25H26N2O3. The summed E-state index contributed by atoms with van der Waals surface area (Å²) >= 11 is 0. The first kappa shape index (κ1) is 18.9. The van der Waals surface area contributed by atoms with Crippen LogP contribution in [0.3, 0.4) is 0 Å². The van der Waals surface area contributed by atoms with Crippen molar-refractivity contribution >= 4 is 22.8 Å². The second-order valence-corrected chi connectivity index (χ2v) is 8.66. The highest BCUT2D eigenvalue weighted by molar-refractivity contribution is 5.97. The summed E-state index contributed by atoms with van der Waals surface area (Å²) in [5, 5.41) is 10.4. The van der Waals surface area contributed by atoms with Gasteiger partial charge in [-0.2, -0.15) is 0 Å². The van der Waals surface area contributed by atoms with Gasteiger partial charge in [0.1, 0.15) is 6.54 Å². The lowest BCUT2D eigenvalue weighted by atomic mass is 9.80. The molecule has 1 amide bonds. The standard InChI is InChI=1S/C25H26N2O3/c1-26-14-19-8-5-9-20(16-6-3-2-4-7-16)24(19)22-12-17-10-11-18(25(29)30)13-21(17)27(22)15-23(26)28/h5,8-13,16H,2-4,6-7,14-15H2,1H3,(H,29,30). The van der Waals surface area contributed by atoms with Crippen molar-refractivity contribution in [2.45, 2.75) is 51.1 Å². The lowest BCUT2D eigenvalue weighted by molar-refractivity contribution is -0.131. The van der Waals surface area contributed by atoms with E-state index in [0.29, 0.717) is 12.5 Å². The number of nitrogens with zero attached hydrogens (tertiary/aromatic N) is 2. The van der Waals surface area contributed by atoms with Gasteiger partial charge in [-0.3, -0.25) is 4.79 Å². The summed E-state index contributed by atoms with van der Waals surface area (Å²) in [6.45, 7) is 0.813. The third-order valence-corrected chi connectivity index (χ3v) is 6.76. The van der Waals surface area contributed by atoms with E-state index >= 15 is 0 Å². The molecule has 0 unspecified atom stereocenters. The van der Waals surface area contributed by atoms with Crippen LogP contribution in [0.25, 0.3) is 22.2 Å². The molecule has 154 valence electrons. The van der Waals surface area contributed by atoms with Crippen LogP contribution in [-0.2, 0) is 17.9 Å². The summed E-state index contributed by atoms with van der Waals surface area (Å²) in [5.74, 6) is -0.386. The molecule has 2 aliphatic rings. The van der Waals surface area contributed by atoms with Gasteiger partial charge >= 0.3 is 5.97 Å². The quantitative estimate of drug-likeness (QED) is 0.654. The molecule has 0 bridgehead atoms. The van der Waals surface area contributed by atoms with E-state index in [-0.39, 0.29) is 18.0 Å². The molecule has 5 nitrogen and oxygen atoms in total. The van der Waals surface area contributed by atoms with Gasteiger partial charge in [0.05, 0.1) is 11.3 Å². The maximum absolute atomic E-state index is 12.9. The minimum absolute atomic E-state index is 0.0307. The molecular weight excluding hydrogens is 376 g/mol. The number of rotatable bonds is 2. The molecule has 30 heavy (non-hydrogen) atoms. The molecule has 1 fully saturated rings. The summed E-state index contributed by atoms with van der Waals surface area (Å²) in [4.78, 5) is 26.2. The number of benzene rings is 2. The first-order chi connectivity index (χ1) is 14.5. The Morgan fingerprint density at radius 3 is 2.60 bits per heavy atom. The number of carbonyl (C=O) groups excluding carboxylic acids is 1. The Kier molecular flexibility index (Phi) is 4.61. The topological polar surface area (TPSA) is 62.5 Å². The molecule has 0 saturated heterocycles. The van der Waals surface area contributed by atoms with Crippen molar-refractivity contribution in [3.8, 4) is 11.3 Å². The SMILES string of the molecule is CN1Cc2cccc(C3CCCCC3)c2-c2cc3ccc(C(=O)O)cc3n2CC1=O. The average Bonchev–Trinajstić information content (AvgIpc) is 3.10. The van der Waals surface area contributed by atoms with Crippen molar-refractivity contribution in [3.05, 3.63) is 59.2 Å². The summed E-state index contributed by atoms with van der Waals surface area (Å²) in [6.07, 6.45) is 6.24. The lowest BCUT2D eigenvalue weighted by Gasteiger charge is -2.29. The zero-order valence-electron chi connectivity index (χ0n) is 17.2. The Bertz CT molecular complexity index is 1150. The van der Waals surface area contributed by atoms with Crippen LogP contribution in [0.4, 0.5) is 0 Å². The smallest absolute Gasteiger partial charge is 0.335 e. The molecule has 0 atom stereocenters. The number of carbonyl (C=O) groups is 2. The lowest BCUT2D eigenvalue weighted by Crippen LogP contribution is -2.32.